The van der Waals surface area contributed by atoms with Crippen LogP contribution in [0, 0.1) is 6.92 Å². The van der Waals surface area contributed by atoms with Gasteiger partial charge in [0.25, 0.3) is 11.5 Å². The molecule has 4 aromatic rings. The van der Waals surface area contributed by atoms with Gasteiger partial charge in [-0.05, 0) is 45.0 Å². The number of morpholine rings is 1. The smallest absolute Gasteiger partial charge is 0.255 e. The number of carbonyl (C=O) groups is 1. The van der Waals surface area contributed by atoms with E-state index >= 15 is 0 Å². The van der Waals surface area contributed by atoms with E-state index in [-0.39, 0.29) is 34.8 Å². The monoisotopic (exact) mass is 577 g/mol. The fourth-order valence-electron chi connectivity index (χ4n) is 4.87. The van der Waals surface area contributed by atoms with Crippen LogP contribution in [-0.2, 0) is 28.2 Å². The van der Waals surface area contributed by atoms with E-state index in [0.29, 0.717) is 47.3 Å². The van der Waals surface area contributed by atoms with Gasteiger partial charge in [0, 0.05) is 50.2 Å². The number of sulfone groups is 1. The van der Waals surface area contributed by atoms with Gasteiger partial charge in [0.2, 0.25) is 5.95 Å². The summed E-state index contributed by atoms with van der Waals surface area (Å²) in [6.07, 6.45) is 4.08. The highest BCUT2D eigenvalue weighted by Crippen LogP contribution is 2.23. The summed E-state index contributed by atoms with van der Waals surface area (Å²) in [6, 6.07) is 8.19. The van der Waals surface area contributed by atoms with E-state index in [4.69, 9.17) is 14.7 Å². The summed E-state index contributed by atoms with van der Waals surface area (Å²) in [7, 11) is -1.82. The molecule has 1 aliphatic heterocycles. The van der Waals surface area contributed by atoms with Gasteiger partial charge in [-0.25, -0.2) is 18.4 Å². The summed E-state index contributed by atoms with van der Waals surface area (Å²) in [5.74, 6) is 0.0776. The minimum atomic E-state index is -3.52. The highest BCUT2D eigenvalue weighted by molar-refractivity contribution is 7.90. The van der Waals surface area contributed by atoms with Crippen molar-refractivity contribution in [1.29, 1.82) is 0 Å². The van der Waals surface area contributed by atoms with Gasteiger partial charge in [0.05, 0.1) is 57.5 Å². The van der Waals surface area contributed by atoms with Crippen molar-refractivity contribution in [3.8, 4) is 11.4 Å². The number of hydrogen-bond acceptors (Lipinski definition) is 10. The van der Waals surface area contributed by atoms with Crippen LogP contribution in [0.2, 0.25) is 0 Å². The van der Waals surface area contributed by atoms with Gasteiger partial charge in [0.1, 0.15) is 0 Å². The number of nitrogens with one attached hydrogen (secondary N) is 1. The molecule has 0 spiro atoms. The molecule has 0 bridgehead atoms. The average molecular weight is 578 g/mol. The van der Waals surface area contributed by atoms with E-state index in [1.165, 1.54) is 22.9 Å². The standard InChI is InChI=1S/C28H31N7O5S/c1-16-14-35(15-17(2)40-16)28-33-24(10-26(36)34(28)4)22-7-6-19-11-30-21(9-23(19)32-22)13-31-27(37)20-8-25(41(5,38)39)18(3)29-12-20/h6-12,16-17H,13-15H2,1-5H3,(H,31,37)/t16-,17+. The van der Waals surface area contributed by atoms with Crippen molar-refractivity contribution < 1.29 is 17.9 Å². The van der Waals surface area contributed by atoms with Crippen LogP contribution in [0.25, 0.3) is 22.3 Å². The van der Waals surface area contributed by atoms with E-state index in [1.54, 1.807) is 32.3 Å². The summed E-state index contributed by atoms with van der Waals surface area (Å²) in [5.41, 5.74) is 2.43. The summed E-state index contributed by atoms with van der Waals surface area (Å²) in [5, 5.41) is 3.53. The Morgan fingerprint density at radius 1 is 1.05 bits per heavy atom. The molecule has 214 valence electrons. The Labute approximate surface area is 237 Å². The molecule has 0 unspecified atom stereocenters. The van der Waals surface area contributed by atoms with Crippen LogP contribution in [-0.4, -0.2) is 70.4 Å². The SMILES string of the molecule is Cc1ncc(C(=O)NCc2cc3nc(-c4cc(=O)n(C)c(N5C[C@@H](C)O[C@@H](C)C5)n4)ccc3cn2)cc1S(C)(=O)=O. The van der Waals surface area contributed by atoms with Crippen LogP contribution >= 0.6 is 0 Å². The molecule has 1 N–H and O–H groups in total. The highest BCUT2D eigenvalue weighted by Gasteiger charge is 2.25. The molecule has 5 heterocycles. The Morgan fingerprint density at radius 2 is 1.78 bits per heavy atom. The van der Waals surface area contributed by atoms with Gasteiger partial charge in [0.15, 0.2) is 9.84 Å². The molecular weight excluding hydrogens is 546 g/mol. The van der Waals surface area contributed by atoms with E-state index in [0.717, 1.165) is 11.6 Å². The quantitative estimate of drug-likeness (QED) is 0.361. The van der Waals surface area contributed by atoms with Crippen LogP contribution in [0.3, 0.4) is 0 Å². The van der Waals surface area contributed by atoms with Crippen molar-refractivity contribution in [2.24, 2.45) is 7.05 Å². The van der Waals surface area contributed by atoms with E-state index in [9.17, 15) is 18.0 Å². The molecule has 2 atom stereocenters. The van der Waals surface area contributed by atoms with Crippen LogP contribution in [0.4, 0.5) is 5.95 Å². The Hall–Kier alpha value is -4.23. The maximum absolute atomic E-state index is 12.9. The predicted octanol–water partition coefficient (Wildman–Crippen LogP) is 2.04. The third-order valence-electron chi connectivity index (χ3n) is 6.84. The molecule has 1 amide bonds. The average Bonchev–Trinajstić information content (AvgIpc) is 2.91. The molecule has 0 radical (unpaired) electrons. The molecule has 4 aromatic heterocycles. The van der Waals surface area contributed by atoms with Crippen molar-refractivity contribution in [3.63, 3.8) is 0 Å². The summed E-state index contributed by atoms with van der Waals surface area (Å²) in [4.78, 5) is 45.7. The lowest BCUT2D eigenvalue weighted by Gasteiger charge is -2.36. The zero-order valence-electron chi connectivity index (χ0n) is 23.5. The Bertz CT molecular complexity index is 1810. The third kappa shape index (κ3) is 6.10. The molecule has 0 aliphatic carbocycles. The number of carbonyl (C=O) groups excluding carboxylic acids is 1. The normalized spacial score (nSPS) is 17.5. The van der Waals surface area contributed by atoms with Crippen LogP contribution in [0.1, 0.15) is 35.6 Å². The molecule has 12 nitrogen and oxygen atoms in total. The number of fused-ring (bicyclic) bond motifs is 1. The molecule has 1 fully saturated rings. The van der Waals surface area contributed by atoms with E-state index in [1.807, 2.05) is 19.9 Å². The lowest BCUT2D eigenvalue weighted by Crippen LogP contribution is -2.47. The number of pyridine rings is 3. The number of anilines is 1. The number of hydrogen-bond donors (Lipinski definition) is 1. The number of rotatable bonds is 6. The van der Waals surface area contributed by atoms with Crippen molar-refractivity contribution >= 4 is 32.6 Å². The molecule has 13 heteroatoms. The van der Waals surface area contributed by atoms with Gasteiger partial charge < -0.3 is 15.0 Å². The van der Waals surface area contributed by atoms with E-state index in [2.05, 4.69) is 20.2 Å². The van der Waals surface area contributed by atoms with Crippen molar-refractivity contribution in [2.45, 2.75) is 44.4 Å². The van der Waals surface area contributed by atoms with Crippen molar-refractivity contribution in [1.82, 2.24) is 29.8 Å². The number of amides is 1. The van der Waals surface area contributed by atoms with Crippen LogP contribution < -0.4 is 15.8 Å². The number of nitrogens with zero attached hydrogens (tertiary/aromatic N) is 6. The first-order valence-corrected chi connectivity index (χ1v) is 15.0. The summed E-state index contributed by atoms with van der Waals surface area (Å²) < 4.78 is 31.4. The molecule has 1 saturated heterocycles. The zero-order chi connectivity index (χ0) is 29.5. The van der Waals surface area contributed by atoms with Gasteiger partial charge in [-0.1, -0.05) is 0 Å². The van der Waals surface area contributed by atoms with Crippen LogP contribution in [0.15, 0.2) is 52.4 Å². The summed E-state index contributed by atoms with van der Waals surface area (Å²) in [6.45, 7) is 6.89. The maximum Gasteiger partial charge on any atom is 0.255 e. The second kappa shape index (κ2) is 11.0. The number of aromatic nitrogens is 5. The lowest BCUT2D eigenvalue weighted by atomic mass is 10.2. The number of aryl methyl sites for hydroxylation is 1. The first-order chi connectivity index (χ1) is 19.4. The van der Waals surface area contributed by atoms with Crippen molar-refractivity contribution in [2.75, 3.05) is 24.2 Å². The Morgan fingerprint density at radius 3 is 2.49 bits per heavy atom. The van der Waals surface area contributed by atoms with Gasteiger partial charge in [-0.2, -0.15) is 0 Å². The zero-order valence-corrected chi connectivity index (χ0v) is 24.3. The maximum atomic E-state index is 12.9. The molecule has 5 rings (SSSR count). The van der Waals surface area contributed by atoms with Crippen LogP contribution in [0.5, 0.6) is 0 Å². The fourth-order valence-corrected chi connectivity index (χ4v) is 5.80. The van der Waals surface area contributed by atoms with Gasteiger partial charge >= 0.3 is 0 Å². The molecular formula is C28H31N7O5S. The lowest BCUT2D eigenvalue weighted by molar-refractivity contribution is -0.00593. The topological polar surface area (TPSA) is 149 Å². The minimum absolute atomic E-state index is 0.00789. The number of ether oxygens (including phenoxy) is 1. The molecule has 1 aliphatic rings. The van der Waals surface area contributed by atoms with E-state index < -0.39 is 15.7 Å². The molecule has 41 heavy (non-hydrogen) atoms. The van der Waals surface area contributed by atoms with Crippen molar-refractivity contribution in [3.05, 3.63) is 70.0 Å². The Kier molecular flexibility index (Phi) is 7.58. The third-order valence-corrected chi connectivity index (χ3v) is 8.05. The first kappa shape index (κ1) is 28.3. The first-order valence-electron chi connectivity index (χ1n) is 13.1. The minimum Gasteiger partial charge on any atom is -0.372 e. The second-order valence-electron chi connectivity index (χ2n) is 10.3. The second-order valence-corrected chi connectivity index (χ2v) is 12.3. The molecule has 0 aromatic carbocycles. The Balaban J connectivity index is 1.39. The predicted molar refractivity (Wildman–Crippen MR) is 153 cm³/mol. The largest absolute Gasteiger partial charge is 0.372 e. The highest BCUT2D eigenvalue weighted by atomic mass is 32.2. The fraction of sp³-hybridized carbons (Fsp3) is 0.357. The van der Waals surface area contributed by atoms with Gasteiger partial charge in [-0.15, -0.1) is 0 Å². The molecule has 0 saturated carbocycles. The van der Waals surface area contributed by atoms with Gasteiger partial charge in [-0.3, -0.25) is 24.1 Å². The summed E-state index contributed by atoms with van der Waals surface area (Å²) >= 11 is 0.